The van der Waals surface area contributed by atoms with E-state index in [4.69, 9.17) is 9.47 Å². The molecule has 0 aliphatic carbocycles. The number of ether oxygens (including phenoxy) is 2. The number of carbonyl (C=O) groups is 1. The average molecular weight is 409 g/mol. The molecule has 0 spiro atoms. The molecule has 25 heavy (non-hydrogen) atoms. The van der Waals surface area contributed by atoms with Crippen molar-refractivity contribution in [3.8, 4) is 17.1 Å². The van der Waals surface area contributed by atoms with Gasteiger partial charge in [0, 0.05) is 18.7 Å². The smallest absolute Gasteiger partial charge is 0.410 e. The van der Waals surface area contributed by atoms with Gasteiger partial charge in [-0.15, -0.1) is 10.2 Å². The minimum absolute atomic E-state index is 0.325. The van der Waals surface area contributed by atoms with E-state index in [2.05, 4.69) is 26.1 Å². The van der Waals surface area contributed by atoms with Crippen LogP contribution in [0.4, 0.5) is 4.79 Å². The molecule has 0 saturated heterocycles. The highest BCUT2D eigenvalue weighted by molar-refractivity contribution is 9.10. The summed E-state index contributed by atoms with van der Waals surface area (Å²) in [5.74, 6) is 2.25. The molecule has 8 heteroatoms. The number of aromatic nitrogens is 3. The predicted octanol–water partition coefficient (Wildman–Crippen LogP) is 3.47. The predicted molar refractivity (Wildman–Crippen MR) is 96.4 cm³/mol. The first-order valence-electron chi connectivity index (χ1n) is 8.02. The Hall–Kier alpha value is -2.09. The molecule has 1 aliphatic heterocycles. The van der Waals surface area contributed by atoms with Crippen LogP contribution in [-0.4, -0.2) is 45.0 Å². The maximum Gasteiger partial charge on any atom is 0.410 e. The number of fused-ring (bicyclic) bond motifs is 1. The van der Waals surface area contributed by atoms with Crippen molar-refractivity contribution in [1.29, 1.82) is 0 Å². The number of benzene rings is 1. The molecule has 1 amide bonds. The van der Waals surface area contributed by atoms with E-state index < -0.39 is 5.60 Å². The molecule has 1 aromatic heterocycles. The van der Waals surface area contributed by atoms with Crippen molar-refractivity contribution >= 4 is 22.0 Å². The molecule has 0 radical (unpaired) electrons. The molecule has 0 bridgehead atoms. The summed E-state index contributed by atoms with van der Waals surface area (Å²) in [5, 5.41) is 8.56. The zero-order chi connectivity index (χ0) is 18.2. The third kappa shape index (κ3) is 3.78. The number of methoxy groups -OCH3 is 1. The van der Waals surface area contributed by atoms with Gasteiger partial charge in [-0.1, -0.05) is 0 Å². The molecule has 0 atom stereocenters. The summed E-state index contributed by atoms with van der Waals surface area (Å²) in [7, 11) is 1.63. The second kappa shape index (κ2) is 6.67. The Morgan fingerprint density at radius 3 is 2.68 bits per heavy atom. The highest BCUT2D eigenvalue weighted by atomic mass is 79.9. The summed E-state index contributed by atoms with van der Waals surface area (Å²) in [5.41, 5.74) is 0.408. The SMILES string of the molecule is COc1cc(-c2nnc3n2CCN(C(=O)OC(C)(C)C)C3)ccc1Br. The van der Waals surface area contributed by atoms with Crippen molar-refractivity contribution in [2.75, 3.05) is 13.7 Å². The van der Waals surface area contributed by atoms with Crippen LogP contribution in [0.25, 0.3) is 11.4 Å². The van der Waals surface area contributed by atoms with Gasteiger partial charge in [0.2, 0.25) is 0 Å². The van der Waals surface area contributed by atoms with Gasteiger partial charge in [-0.2, -0.15) is 0 Å². The van der Waals surface area contributed by atoms with Crippen LogP contribution in [0.15, 0.2) is 22.7 Å². The normalized spacial score (nSPS) is 14.2. The molecule has 3 rings (SSSR count). The Morgan fingerprint density at radius 2 is 2.00 bits per heavy atom. The standard InChI is InChI=1S/C17H21BrN4O3/c1-17(2,3)25-16(23)21-7-8-22-14(10-21)19-20-15(22)11-5-6-12(18)13(9-11)24-4/h5-6,9H,7-8,10H2,1-4H3. The number of hydrogen-bond donors (Lipinski definition) is 0. The molecule has 1 aromatic carbocycles. The van der Waals surface area contributed by atoms with Crippen LogP contribution in [0.1, 0.15) is 26.6 Å². The summed E-state index contributed by atoms with van der Waals surface area (Å²) in [6.07, 6.45) is -0.325. The van der Waals surface area contributed by atoms with Gasteiger partial charge in [0.25, 0.3) is 0 Å². The number of halogens is 1. The van der Waals surface area contributed by atoms with Crippen LogP contribution in [0.3, 0.4) is 0 Å². The molecule has 2 aromatic rings. The largest absolute Gasteiger partial charge is 0.496 e. The molecule has 0 N–H and O–H groups in total. The lowest BCUT2D eigenvalue weighted by Gasteiger charge is -2.30. The van der Waals surface area contributed by atoms with E-state index in [0.29, 0.717) is 19.6 Å². The van der Waals surface area contributed by atoms with E-state index in [1.165, 1.54) is 0 Å². The quantitative estimate of drug-likeness (QED) is 0.760. The Morgan fingerprint density at radius 1 is 1.24 bits per heavy atom. The number of nitrogens with zero attached hydrogens (tertiary/aromatic N) is 4. The number of rotatable bonds is 2. The van der Waals surface area contributed by atoms with Gasteiger partial charge < -0.3 is 14.0 Å². The second-order valence-electron chi connectivity index (χ2n) is 6.84. The number of hydrogen-bond acceptors (Lipinski definition) is 5. The Bertz CT molecular complexity index is 798. The maximum absolute atomic E-state index is 12.2. The monoisotopic (exact) mass is 408 g/mol. The van der Waals surface area contributed by atoms with Crippen molar-refractivity contribution < 1.29 is 14.3 Å². The molecular weight excluding hydrogens is 388 g/mol. The van der Waals surface area contributed by atoms with Gasteiger partial charge in [0.05, 0.1) is 18.1 Å². The Kier molecular flexibility index (Phi) is 4.73. The first-order valence-corrected chi connectivity index (χ1v) is 8.82. The van der Waals surface area contributed by atoms with E-state index in [1.54, 1.807) is 12.0 Å². The lowest BCUT2D eigenvalue weighted by molar-refractivity contribution is 0.0196. The summed E-state index contributed by atoms with van der Waals surface area (Å²) >= 11 is 3.45. The van der Waals surface area contributed by atoms with Crippen LogP contribution in [0.5, 0.6) is 5.75 Å². The minimum Gasteiger partial charge on any atom is -0.496 e. The van der Waals surface area contributed by atoms with Crippen molar-refractivity contribution in [2.45, 2.75) is 39.5 Å². The van der Waals surface area contributed by atoms with Gasteiger partial charge in [0.1, 0.15) is 11.4 Å². The van der Waals surface area contributed by atoms with Gasteiger partial charge in [-0.3, -0.25) is 4.90 Å². The molecular formula is C17H21BrN4O3. The van der Waals surface area contributed by atoms with Gasteiger partial charge in [0.15, 0.2) is 11.6 Å². The molecule has 7 nitrogen and oxygen atoms in total. The summed E-state index contributed by atoms with van der Waals surface area (Å²) in [6.45, 7) is 7.13. The van der Waals surface area contributed by atoms with Crippen molar-refractivity contribution in [3.05, 3.63) is 28.5 Å². The summed E-state index contributed by atoms with van der Waals surface area (Å²) in [6, 6.07) is 5.80. The summed E-state index contributed by atoms with van der Waals surface area (Å²) < 4.78 is 13.7. The molecule has 2 heterocycles. The van der Waals surface area contributed by atoms with Crippen LogP contribution >= 0.6 is 15.9 Å². The Labute approximate surface area is 155 Å². The zero-order valence-corrected chi connectivity index (χ0v) is 16.3. The van der Waals surface area contributed by atoms with E-state index in [9.17, 15) is 4.79 Å². The lowest BCUT2D eigenvalue weighted by Crippen LogP contribution is -2.41. The fourth-order valence-electron chi connectivity index (χ4n) is 2.65. The Balaban J connectivity index is 1.82. The fraction of sp³-hybridized carbons (Fsp3) is 0.471. The summed E-state index contributed by atoms with van der Waals surface area (Å²) in [4.78, 5) is 13.9. The van der Waals surface area contributed by atoms with Crippen LogP contribution in [-0.2, 0) is 17.8 Å². The molecule has 134 valence electrons. The molecule has 0 unspecified atom stereocenters. The molecule has 0 fully saturated rings. The first kappa shape index (κ1) is 17.7. The zero-order valence-electron chi connectivity index (χ0n) is 14.7. The number of amides is 1. The van der Waals surface area contributed by atoms with Crippen LogP contribution < -0.4 is 4.74 Å². The van der Waals surface area contributed by atoms with Crippen LogP contribution in [0.2, 0.25) is 0 Å². The van der Waals surface area contributed by atoms with Crippen molar-refractivity contribution in [1.82, 2.24) is 19.7 Å². The molecule has 1 aliphatic rings. The van der Waals surface area contributed by atoms with E-state index in [1.807, 2.05) is 43.5 Å². The topological polar surface area (TPSA) is 69.5 Å². The average Bonchev–Trinajstić information content (AvgIpc) is 2.97. The third-order valence-electron chi connectivity index (χ3n) is 3.81. The first-order chi connectivity index (χ1) is 11.8. The van der Waals surface area contributed by atoms with Gasteiger partial charge in [-0.25, -0.2) is 4.79 Å². The lowest BCUT2D eigenvalue weighted by atomic mass is 10.2. The van der Waals surface area contributed by atoms with Gasteiger partial charge in [-0.05, 0) is 54.9 Å². The minimum atomic E-state index is -0.513. The van der Waals surface area contributed by atoms with E-state index in [0.717, 1.165) is 27.4 Å². The van der Waals surface area contributed by atoms with Crippen molar-refractivity contribution in [2.24, 2.45) is 0 Å². The van der Waals surface area contributed by atoms with Gasteiger partial charge >= 0.3 is 6.09 Å². The second-order valence-corrected chi connectivity index (χ2v) is 7.70. The number of carbonyl (C=O) groups excluding carboxylic acids is 1. The van der Waals surface area contributed by atoms with Crippen LogP contribution in [0, 0.1) is 0 Å². The third-order valence-corrected chi connectivity index (χ3v) is 4.47. The highest BCUT2D eigenvalue weighted by Gasteiger charge is 2.28. The maximum atomic E-state index is 12.2. The van der Waals surface area contributed by atoms with E-state index >= 15 is 0 Å². The fourth-order valence-corrected chi connectivity index (χ4v) is 3.06. The highest BCUT2D eigenvalue weighted by Crippen LogP contribution is 2.31. The molecule has 0 saturated carbocycles. The van der Waals surface area contributed by atoms with Crippen molar-refractivity contribution in [3.63, 3.8) is 0 Å². The van der Waals surface area contributed by atoms with E-state index in [-0.39, 0.29) is 6.09 Å².